The molecule has 0 spiro atoms. The zero-order valence-electron chi connectivity index (χ0n) is 6.80. The molecule has 12 heavy (non-hydrogen) atoms. The van der Waals surface area contributed by atoms with Gasteiger partial charge in [-0.3, -0.25) is 0 Å². The Balaban J connectivity index is 2.42. The summed E-state index contributed by atoms with van der Waals surface area (Å²) < 4.78 is 18.1. The second-order valence-electron chi connectivity index (χ2n) is 2.83. The highest BCUT2D eigenvalue weighted by Crippen LogP contribution is 2.32. The van der Waals surface area contributed by atoms with Crippen molar-refractivity contribution in [1.82, 2.24) is 5.32 Å². The van der Waals surface area contributed by atoms with E-state index in [1.54, 1.807) is 6.07 Å². The van der Waals surface area contributed by atoms with E-state index in [0.717, 1.165) is 11.3 Å². The first-order chi connectivity index (χ1) is 5.81. The third-order valence-corrected chi connectivity index (χ3v) is 2.10. The number of likely N-dealkylation sites (N-methyl/N-ethyl adjacent to an activating group) is 1. The highest BCUT2D eigenvalue weighted by molar-refractivity contribution is 5.39. The molecule has 0 saturated heterocycles. The Kier molecular flexibility index (Phi) is 1.73. The Morgan fingerprint density at radius 2 is 2.42 bits per heavy atom. The fourth-order valence-electron chi connectivity index (χ4n) is 1.42. The third-order valence-electron chi connectivity index (χ3n) is 2.10. The van der Waals surface area contributed by atoms with Crippen LogP contribution in [0.15, 0.2) is 18.2 Å². The molecule has 1 N–H and O–H groups in total. The molecule has 0 bridgehead atoms. The van der Waals surface area contributed by atoms with Crippen LogP contribution in [0.3, 0.4) is 0 Å². The molecule has 0 fully saturated rings. The van der Waals surface area contributed by atoms with Crippen LogP contribution in [0.4, 0.5) is 4.39 Å². The minimum atomic E-state index is -0.209. The van der Waals surface area contributed by atoms with Gasteiger partial charge in [-0.1, -0.05) is 0 Å². The lowest BCUT2D eigenvalue weighted by Crippen LogP contribution is -2.17. The van der Waals surface area contributed by atoms with Gasteiger partial charge in [0.15, 0.2) is 0 Å². The molecular formula is C9H10FNO. The summed E-state index contributed by atoms with van der Waals surface area (Å²) in [6, 6.07) is 4.73. The van der Waals surface area contributed by atoms with Crippen molar-refractivity contribution in [2.75, 3.05) is 13.7 Å². The lowest BCUT2D eigenvalue weighted by Gasteiger charge is -2.05. The van der Waals surface area contributed by atoms with Gasteiger partial charge in [-0.15, -0.1) is 0 Å². The predicted octanol–water partition coefficient (Wildman–Crippen LogP) is 1.48. The molecule has 2 nitrogen and oxygen atoms in total. The quantitative estimate of drug-likeness (QED) is 0.684. The monoisotopic (exact) mass is 167 g/mol. The van der Waals surface area contributed by atoms with Crippen LogP contribution in [-0.2, 0) is 0 Å². The number of halogens is 1. The topological polar surface area (TPSA) is 21.3 Å². The van der Waals surface area contributed by atoms with Crippen molar-refractivity contribution in [1.29, 1.82) is 0 Å². The normalized spacial score (nSPS) is 20.3. The Morgan fingerprint density at radius 1 is 1.58 bits per heavy atom. The molecule has 0 amide bonds. The third kappa shape index (κ3) is 1.06. The molecule has 1 aromatic carbocycles. The van der Waals surface area contributed by atoms with Gasteiger partial charge in [0.25, 0.3) is 0 Å². The summed E-state index contributed by atoms with van der Waals surface area (Å²) in [6.07, 6.45) is 0. The van der Waals surface area contributed by atoms with Crippen molar-refractivity contribution in [2.45, 2.75) is 6.04 Å². The van der Waals surface area contributed by atoms with Crippen molar-refractivity contribution in [2.24, 2.45) is 0 Å². The first-order valence-electron chi connectivity index (χ1n) is 3.91. The van der Waals surface area contributed by atoms with Gasteiger partial charge in [0.05, 0.1) is 6.04 Å². The van der Waals surface area contributed by atoms with Crippen molar-refractivity contribution >= 4 is 0 Å². The van der Waals surface area contributed by atoms with E-state index >= 15 is 0 Å². The van der Waals surface area contributed by atoms with Gasteiger partial charge in [-0.05, 0) is 25.2 Å². The van der Waals surface area contributed by atoms with Crippen LogP contribution < -0.4 is 10.1 Å². The standard InChI is InChI=1S/C9H10FNO/c1-11-8-5-12-9-3-2-6(10)4-7(8)9/h2-4,8,11H,5H2,1H3. The molecule has 1 aliphatic heterocycles. The van der Waals surface area contributed by atoms with Crippen LogP contribution in [0.5, 0.6) is 5.75 Å². The molecular weight excluding hydrogens is 157 g/mol. The maximum absolute atomic E-state index is 12.8. The lowest BCUT2D eigenvalue weighted by molar-refractivity contribution is 0.318. The van der Waals surface area contributed by atoms with Gasteiger partial charge >= 0.3 is 0 Å². The second-order valence-corrected chi connectivity index (χ2v) is 2.83. The van der Waals surface area contributed by atoms with Crippen LogP contribution in [0.2, 0.25) is 0 Å². The number of hydrogen-bond donors (Lipinski definition) is 1. The number of rotatable bonds is 1. The minimum Gasteiger partial charge on any atom is -0.491 e. The average Bonchev–Trinajstić information content (AvgIpc) is 2.46. The largest absolute Gasteiger partial charge is 0.491 e. The molecule has 0 aliphatic carbocycles. The summed E-state index contributed by atoms with van der Waals surface area (Å²) >= 11 is 0. The lowest BCUT2D eigenvalue weighted by atomic mass is 10.1. The van der Waals surface area contributed by atoms with E-state index in [1.165, 1.54) is 12.1 Å². The van der Waals surface area contributed by atoms with Crippen LogP contribution in [0.25, 0.3) is 0 Å². The van der Waals surface area contributed by atoms with E-state index in [9.17, 15) is 4.39 Å². The van der Waals surface area contributed by atoms with Gasteiger partial charge in [0.1, 0.15) is 18.2 Å². The molecule has 1 aromatic rings. The van der Waals surface area contributed by atoms with E-state index in [-0.39, 0.29) is 11.9 Å². The molecule has 1 heterocycles. The van der Waals surface area contributed by atoms with Crippen LogP contribution >= 0.6 is 0 Å². The molecule has 0 radical (unpaired) electrons. The Labute approximate surface area is 70.3 Å². The van der Waals surface area contributed by atoms with E-state index < -0.39 is 0 Å². The molecule has 2 rings (SSSR count). The number of nitrogens with one attached hydrogen (secondary N) is 1. The molecule has 64 valence electrons. The maximum atomic E-state index is 12.8. The highest BCUT2D eigenvalue weighted by Gasteiger charge is 2.22. The van der Waals surface area contributed by atoms with Crippen molar-refractivity contribution in [3.8, 4) is 5.75 Å². The first kappa shape index (κ1) is 7.55. The highest BCUT2D eigenvalue weighted by atomic mass is 19.1. The van der Waals surface area contributed by atoms with E-state index in [0.29, 0.717) is 6.61 Å². The second kappa shape index (κ2) is 2.75. The van der Waals surface area contributed by atoms with Gasteiger partial charge < -0.3 is 10.1 Å². The molecule has 1 atom stereocenters. The summed E-state index contributed by atoms with van der Waals surface area (Å²) in [7, 11) is 1.84. The zero-order valence-corrected chi connectivity index (χ0v) is 6.80. The first-order valence-corrected chi connectivity index (χ1v) is 3.91. The average molecular weight is 167 g/mol. The van der Waals surface area contributed by atoms with Crippen LogP contribution in [0.1, 0.15) is 11.6 Å². The van der Waals surface area contributed by atoms with Gasteiger partial charge in [-0.25, -0.2) is 4.39 Å². The number of ether oxygens (including phenoxy) is 1. The summed E-state index contributed by atoms with van der Waals surface area (Å²) in [5.74, 6) is 0.579. The van der Waals surface area contributed by atoms with Crippen LogP contribution in [0, 0.1) is 5.82 Å². The minimum absolute atomic E-state index is 0.135. The van der Waals surface area contributed by atoms with Crippen molar-refractivity contribution < 1.29 is 9.13 Å². The number of benzene rings is 1. The Morgan fingerprint density at radius 3 is 3.17 bits per heavy atom. The van der Waals surface area contributed by atoms with Gasteiger partial charge in [0.2, 0.25) is 0 Å². The number of fused-ring (bicyclic) bond motifs is 1. The molecule has 1 unspecified atom stereocenters. The summed E-state index contributed by atoms with van der Waals surface area (Å²) in [5, 5.41) is 3.06. The SMILES string of the molecule is CNC1COc2ccc(F)cc21. The van der Waals surface area contributed by atoms with Crippen molar-refractivity contribution in [3.05, 3.63) is 29.6 Å². The van der Waals surface area contributed by atoms with E-state index in [4.69, 9.17) is 4.74 Å². The fourth-order valence-corrected chi connectivity index (χ4v) is 1.42. The maximum Gasteiger partial charge on any atom is 0.124 e. The van der Waals surface area contributed by atoms with Crippen molar-refractivity contribution in [3.63, 3.8) is 0 Å². The summed E-state index contributed by atoms with van der Waals surface area (Å²) in [5.41, 5.74) is 0.914. The molecule has 3 heteroatoms. The Bertz CT molecular complexity index is 301. The predicted molar refractivity (Wildman–Crippen MR) is 43.7 cm³/mol. The zero-order chi connectivity index (χ0) is 8.55. The molecule has 1 aliphatic rings. The summed E-state index contributed by atoms with van der Waals surface area (Å²) in [6.45, 7) is 0.593. The van der Waals surface area contributed by atoms with E-state index in [1.807, 2.05) is 7.05 Å². The van der Waals surface area contributed by atoms with Gasteiger partial charge in [-0.2, -0.15) is 0 Å². The number of hydrogen-bond acceptors (Lipinski definition) is 2. The van der Waals surface area contributed by atoms with Crippen LogP contribution in [-0.4, -0.2) is 13.7 Å². The molecule has 0 aromatic heterocycles. The van der Waals surface area contributed by atoms with Gasteiger partial charge in [0, 0.05) is 5.56 Å². The molecule has 0 saturated carbocycles. The smallest absolute Gasteiger partial charge is 0.124 e. The fraction of sp³-hybridized carbons (Fsp3) is 0.333. The summed E-state index contributed by atoms with van der Waals surface area (Å²) in [4.78, 5) is 0. The Hall–Kier alpha value is -1.09. The van der Waals surface area contributed by atoms with E-state index in [2.05, 4.69) is 5.32 Å².